The molecule has 0 saturated heterocycles. The molecule has 1 N–H and O–H groups in total. The number of nitrogens with zero attached hydrogens (tertiary/aromatic N) is 2. The zero-order chi connectivity index (χ0) is 13.3. The van der Waals surface area contributed by atoms with Gasteiger partial charge in [-0.2, -0.15) is 4.98 Å². The Balaban J connectivity index is 2.37. The Kier molecular flexibility index (Phi) is 3.60. The first-order valence-corrected chi connectivity index (χ1v) is 6.02. The Labute approximate surface area is 111 Å². The predicted molar refractivity (Wildman–Crippen MR) is 66.1 cm³/mol. The van der Waals surface area contributed by atoms with E-state index in [-0.39, 0.29) is 22.4 Å². The Morgan fingerprint density at radius 1 is 1.33 bits per heavy atom. The first-order valence-electron chi connectivity index (χ1n) is 5.23. The van der Waals surface area contributed by atoms with Crippen molar-refractivity contribution in [1.29, 1.82) is 0 Å². The van der Waals surface area contributed by atoms with E-state index in [0.717, 1.165) is 6.07 Å². The SMILES string of the molecule is CC(C)Nc1nc(-c2ccc(F)c(F)c2Br)no1. The molecule has 7 heteroatoms. The zero-order valence-corrected chi connectivity index (χ0v) is 11.3. The summed E-state index contributed by atoms with van der Waals surface area (Å²) in [6, 6.07) is 2.76. The average molecular weight is 318 g/mol. The maximum Gasteiger partial charge on any atom is 0.321 e. The fourth-order valence-electron chi connectivity index (χ4n) is 1.34. The van der Waals surface area contributed by atoms with Crippen LogP contribution < -0.4 is 5.32 Å². The molecule has 2 rings (SSSR count). The first-order chi connectivity index (χ1) is 8.49. The molecule has 0 aliphatic carbocycles. The van der Waals surface area contributed by atoms with Crippen molar-refractivity contribution < 1.29 is 13.3 Å². The molecule has 0 aliphatic heterocycles. The molecule has 0 bridgehead atoms. The molecule has 1 heterocycles. The van der Waals surface area contributed by atoms with Crippen LogP contribution in [0.3, 0.4) is 0 Å². The highest BCUT2D eigenvalue weighted by molar-refractivity contribution is 9.10. The number of anilines is 1. The molecule has 96 valence electrons. The van der Waals surface area contributed by atoms with Crippen molar-refractivity contribution in [3.05, 3.63) is 28.2 Å². The zero-order valence-electron chi connectivity index (χ0n) is 9.67. The van der Waals surface area contributed by atoms with E-state index >= 15 is 0 Å². The summed E-state index contributed by atoms with van der Waals surface area (Å²) in [5.41, 5.74) is 0.328. The van der Waals surface area contributed by atoms with Crippen LogP contribution in [0.4, 0.5) is 14.8 Å². The summed E-state index contributed by atoms with van der Waals surface area (Å²) < 4.78 is 31.3. The van der Waals surface area contributed by atoms with Gasteiger partial charge in [0.2, 0.25) is 5.82 Å². The van der Waals surface area contributed by atoms with Crippen molar-refractivity contribution in [2.45, 2.75) is 19.9 Å². The highest BCUT2D eigenvalue weighted by atomic mass is 79.9. The van der Waals surface area contributed by atoms with Gasteiger partial charge in [0.25, 0.3) is 0 Å². The van der Waals surface area contributed by atoms with Crippen LogP contribution in [-0.4, -0.2) is 16.2 Å². The standard InChI is InChI=1S/C11H10BrF2N3O/c1-5(2)15-11-16-10(17-18-11)6-3-4-7(13)9(14)8(6)12/h3-5H,1-2H3,(H,15,16,17). The summed E-state index contributed by atoms with van der Waals surface area (Å²) in [6.07, 6.45) is 0. The molecule has 0 amide bonds. The van der Waals surface area contributed by atoms with E-state index in [1.54, 1.807) is 0 Å². The molecule has 0 saturated carbocycles. The topological polar surface area (TPSA) is 51.0 Å². The quantitative estimate of drug-likeness (QED) is 0.879. The molecular weight excluding hydrogens is 308 g/mol. The molecule has 1 aromatic carbocycles. The van der Waals surface area contributed by atoms with E-state index in [0.29, 0.717) is 5.56 Å². The van der Waals surface area contributed by atoms with Gasteiger partial charge in [0.1, 0.15) is 0 Å². The third-order valence-electron chi connectivity index (χ3n) is 2.11. The fourth-order valence-corrected chi connectivity index (χ4v) is 1.84. The summed E-state index contributed by atoms with van der Waals surface area (Å²) in [4.78, 5) is 4.04. The fraction of sp³-hybridized carbons (Fsp3) is 0.273. The van der Waals surface area contributed by atoms with Crippen LogP contribution in [-0.2, 0) is 0 Å². The lowest BCUT2D eigenvalue weighted by Gasteiger charge is -2.02. The number of nitrogens with one attached hydrogen (secondary N) is 1. The third kappa shape index (κ3) is 2.50. The van der Waals surface area contributed by atoms with E-state index in [4.69, 9.17) is 4.52 Å². The second-order valence-corrected chi connectivity index (χ2v) is 4.74. The minimum atomic E-state index is -0.976. The predicted octanol–water partition coefficient (Wildman–Crippen LogP) is 3.60. The van der Waals surface area contributed by atoms with Crippen molar-refractivity contribution in [2.75, 3.05) is 5.32 Å². The van der Waals surface area contributed by atoms with Gasteiger partial charge in [0, 0.05) is 11.6 Å². The van der Waals surface area contributed by atoms with Crippen LogP contribution in [0.5, 0.6) is 0 Å². The lowest BCUT2D eigenvalue weighted by molar-refractivity contribution is 0.429. The number of hydrogen-bond acceptors (Lipinski definition) is 4. The molecule has 4 nitrogen and oxygen atoms in total. The molecule has 1 aromatic heterocycles. The van der Waals surface area contributed by atoms with E-state index in [9.17, 15) is 8.78 Å². The Bertz CT molecular complexity index is 571. The van der Waals surface area contributed by atoms with Crippen molar-refractivity contribution in [1.82, 2.24) is 10.1 Å². The summed E-state index contributed by atoms with van der Waals surface area (Å²) in [7, 11) is 0. The van der Waals surface area contributed by atoms with Crippen molar-refractivity contribution in [3.63, 3.8) is 0 Å². The summed E-state index contributed by atoms with van der Waals surface area (Å²) in [6.45, 7) is 3.83. The van der Waals surface area contributed by atoms with Crippen molar-refractivity contribution >= 4 is 21.9 Å². The minimum Gasteiger partial charge on any atom is -0.336 e. The number of hydrogen-bond donors (Lipinski definition) is 1. The van der Waals surface area contributed by atoms with E-state index in [1.165, 1.54) is 6.07 Å². The van der Waals surface area contributed by atoms with Crippen LogP contribution in [0.15, 0.2) is 21.1 Å². The molecule has 2 aromatic rings. The Morgan fingerprint density at radius 2 is 2.06 bits per heavy atom. The van der Waals surface area contributed by atoms with Crippen LogP contribution in [0.2, 0.25) is 0 Å². The summed E-state index contributed by atoms with van der Waals surface area (Å²) >= 11 is 2.97. The summed E-state index contributed by atoms with van der Waals surface area (Å²) in [5.74, 6) is -1.73. The van der Waals surface area contributed by atoms with Crippen LogP contribution >= 0.6 is 15.9 Å². The van der Waals surface area contributed by atoms with Gasteiger partial charge in [0.05, 0.1) is 4.47 Å². The van der Waals surface area contributed by atoms with Gasteiger partial charge in [-0.15, -0.1) is 0 Å². The van der Waals surface area contributed by atoms with Crippen LogP contribution in [0, 0.1) is 11.6 Å². The molecule has 0 atom stereocenters. The average Bonchev–Trinajstić information content (AvgIpc) is 2.73. The highest BCUT2D eigenvalue weighted by Crippen LogP contribution is 2.30. The highest BCUT2D eigenvalue weighted by Gasteiger charge is 2.17. The van der Waals surface area contributed by atoms with Gasteiger partial charge in [-0.3, -0.25) is 0 Å². The van der Waals surface area contributed by atoms with Gasteiger partial charge in [0.15, 0.2) is 11.6 Å². The van der Waals surface area contributed by atoms with E-state index in [1.807, 2.05) is 13.8 Å². The molecule has 0 spiro atoms. The van der Waals surface area contributed by atoms with Gasteiger partial charge in [-0.1, -0.05) is 5.16 Å². The van der Waals surface area contributed by atoms with Gasteiger partial charge in [-0.05, 0) is 41.9 Å². The maximum absolute atomic E-state index is 13.4. The monoisotopic (exact) mass is 317 g/mol. The van der Waals surface area contributed by atoms with Gasteiger partial charge >= 0.3 is 6.01 Å². The van der Waals surface area contributed by atoms with Gasteiger partial charge in [-0.25, -0.2) is 8.78 Å². The Morgan fingerprint density at radius 3 is 2.72 bits per heavy atom. The number of rotatable bonds is 3. The summed E-state index contributed by atoms with van der Waals surface area (Å²) in [5, 5.41) is 6.62. The van der Waals surface area contributed by atoms with Crippen molar-refractivity contribution in [3.8, 4) is 11.4 Å². The Hall–Kier alpha value is -1.50. The number of aromatic nitrogens is 2. The maximum atomic E-state index is 13.4. The normalized spacial score (nSPS) is 11.0. The van der Waals surface area contributed by atoms with Gasteiger partial charge < -0.3 is 9.84 Å². The molecule has 0 aliphatic rings. The largest absolute Gasteiger partial charge is 0.336 e. The molecule has 18 heavy (non-hydrogen) atoms. The van der Waals surface area contributed by atoms with Crippen LogP contribution in [0.25, 0.3) is 11.4 Å². The molecule has 0 unspecified atom stereocenters. The minimum absolute atomic E-state index is 0.0283. The first kappa shape index (κ1) is 12.9. The molecule has 0 fully saturated rings. The van der Waals surface area contributed by atoms with E-state index in [2.05, 4.69) is 31.4 Å². The number of halogens is 3. The number of benzene rings is 1. The smallest absolute Gasteiger partial charge is 0.321 e. The molecule has 0 radical (unpaired) electrons. The lowest BCUT2D eigenvalue weighted by Crippen LogP contribution is -2.09. The second kappa shape index (κ2) is 5.01. The second-order valence-electron chi connectivity index (χ2n) is 3.95. The lowest BCUT2D eigenvalue weighted by atomic mass is 10.2. The molecular formula is C11H10BrF2N3O. The third-order valence-corrected chi connectivity index (χ3v) is 2.89. The van der Waals surface area contributed by atoms with Crippen molar-refractivity contribution in [2.24, 2.45) is 0 Å². The van der Waals surface area contributed by atoms with Crippen LogP contribution in [0.1, 0.15) is 13.8 Å². The van der Waals surface area contributed by atoms with E-state index < -0.39 is 11.6 Å².